The Bertz CT molecular complexity index is 441. The maximum Gasteiger partial charge on any atom is 0.176 e. The Morgan fingerprint density at radius 1 is 1.33 bits per heavy atom. The van der Waals surface area contributed by atoms with Crippen molar-refractivity contribution in [3.05, 3.63) is 35.4 Å². The smallest absolute Gasteiger partial charge is 0.176 e. The van der Waals surface area contributed by atoms with E-state index < -0.39 is 0 Å². The molecule has 0 aliphatic carbocycles. The Morgan fingerprint density at radius 3 is 2.76 bits per heavy atom. The molecule has 0 saturated carbocycles. The third kappa shape index (κ3) is 4.65. The molecule has 3 nitrogen and oxygen atoms in total. The van der Waals surface area contributed by atoms with Gasteiger partial charge in [0.2, 0.25) is 0 Å². The minimum absolute atomic E-state index is 0.217. The third-order valence-electron chi connectivity index (χ3n) is 4.36. The van der Waals surface area contributed by atoms with Crippen molar-refractivity contribution in [3.63, 3.8) is 0 Å². The molecular formula is C18H27NO2. The highest BCUT2D eigenvalue weighted by Crippen LogP contribution is 2.21. The van der Waals surface area contributed by atoms with Crippen LogP contribution >= 0.6 is 0 Å². The minimum atomic E-state index is 0.217. The van der Waals surface area contributed by atoms with Crippen molar-refractivity contribution >= 4 is 5.78 Å². The summed E-state index contributed by atoms with van der Waals surface area (Å²) in [6.45, 7) is 3.94. The Balaban J connectivity index is 1.90. The van der Waals surface area contributed by atoms with Crippen LogP contribution in [-0.4, -0.2) is 41.5 Å². The van der Waals surface area contributed by atoms with Gasteiger partial charge in [0, 0.05) is 18.2 Å². The van der Waals surface area contributed by atoms with Crippen molar-refractivity contribution in [3.8, 4) is 0 Å². The van der Waals surface area contributed by atoms with Crippen LogP contribution in [0.2, 0.25) is 0 Å². The highest BCUT2D eigenvalue weighted by Gasteiger charge is 2.25. The van der Waals surface area contributed by atoms with E-state index in [0.29, 0.717) is 12.6 Å². The summed E-state index contributed by atoms with van der Waals surface area (Å²) in [5, 5.41) is 8.96. The number of carbonyl (C=O) groups excluding carboxylic acids is 1. The van der Waals surface area contributed by atoms with Crippen LogP contribution < -0.4 is 0 Å². The van der Waals surface area contributed by atoms with Gasteiger partial charge in [-0.2, -0.15) is 0 Å². The molecule has 1 N–H and O–H groups in total. The van der Waals surface area contributed by atoms with Gasteiger partial charge in [0.25, 0.3) is 0 Å². The normalized spacial score (nSPS) is 19.0. The van der Waals surface area contributed by atoms with E-state index >= 15 is 0 Å². The molecular weight excluding hydrogens is 262 g/mol. The lowest BCUT2D eigenvalue weighted by Gasteiger charge is -2.23. The molecule has 1 aliphatic heterocycles. The van der Waals surface area contributed by atoms with Crippen LogP contribution in [0.1, 0.15) is 54.9 Å². The first kappa shape index (κ1) is 16.2. The number of hydrogen-bond donors (Lipinski definition) is 1. The number of likely N-dealkylation sites (tertiary alicyclic amines) is 1. The summed E-state index contributed by atoms with van der Waals surface area (Å²) >= 11 is 0. The number of aryl methyl sites for hydroxylation is 1. The van der Waals surface area contributed by atoms with E-state index in [0.717, 1.165) is 44.2 Å². The van der Waals surface area contributed by atoms with Gasteiger partial charge in [0.15, 0.2) is 5.78 Å². The maximum absolute atomic E-state index is 12.4. The van der Waals surface area contributed by atoms with Gasteiger partial charge in [-0.1, -0.05) is 37.6 Å². The number of Topliss-reactive ketones (excluding diaryl/α,β-unsaturated/α-hetero) is 1. The van der Waals surface area contributed by atoms with Crippen molar-refractivity contribution in [2.45, 2.75) is 51.5 Å². The van der Waals surface area contributed by atoms with Gasteiger partial charge < -0.3 is 5.11 Å². The predicted octanol–water partition coefficient (Wildman–Crippen LogP) is 3.06. The lowest BCUT2D eigenvalue weighted by atomic mass is 10.0. The Hall–Kier alpha value is -1.19. The summed E-state index contributed by atoms with van der Waals surface area (Å²) in [4.78, 5) is 14.7. The zero-order valence-corrected chi connectivity index (χ0v) is 13.1. The molecule has 1 saturated heterocycles. The van der Waals surface area contributed by atoms with E-state index in [2.05, 4.69) is 24.0 Å². The first-order chi connectivity index (χ1) is 10.2. The molecule has 1 atom stereocenters. The average molecular weight is 289 g/mol. The van der Waals surface area contributed by atoms with Crippen LogP contribution in [0.25, 0.3) is 0 Å². The van der Waals surface area contributed by atoms with E-state index in [9.17, 15) is 4.79 Å². The second-order valence-corrected chi connectivity index (χ2v) is 6.00. The number of hydrogen-bond acceptors (Lipinski definition) is 3. The molecule has 116 valence electrons. The quantitative estimate of drug-likeness (QED) is 0.748. The number of ketones is 1. The molecule has 1 aromatic carbocycles. The first-order valence-electron chi connectivity index (χ1n) is 8.21. The topological polar surface area (TPSA) is 40.5 Å². The van der Waals surface area contributed by atoms with Crippen molar-refractivity contribution in [1.29, 1.82) is 0 Å². The van der Waals surface area contributed by atoms with Crippen molar-refractivity contribution in [2.24, 2.45) is 0 Å². The zero-order valence-electron chi connectivity index (χ0n) is 13.1. The number of rotatable bonds is 8. The number of aliphatic hydroxyl groups is 1. The highest BCUT2D eigenvalue weighted by atomic mass is 16.2. The number of nitrogens with zero attached hydrogens (tertiary/aromatic N) is 1. The second kappa shape index (κ2) is 8.30. The van der Waals surface area contributed by atoms with Crippen molar-refractivity contribution in [1.82, 2.24) is 4.90 Å². The zero-order chi connectivity index (χ0) is 15.1. The van der Waals surface area contributed by atoms with Crippen LogP contribution in [0.4, 0.5) is 0 Å². The summed E-state index contributed by atoms with van der Waals surface area (Å²) in [5.41, 5.74) is 2.12. The molecule has 1 aromatic rings. The molecule has 0 radical (unpaired) electrons. The van der Waals surface area contributed by atoms with Gasteiger partial charge in [0.05, 0.1) is 6.54 Å². The number of aliphatic hydroxyl groups excluding tert-OH is 1. The van der Waals surface area contributed by atoms with Gasteiger partial charge in [-0.05, 0) is 44.2 Å². The van der Waals surface area contributed by atoms with Crippen LogP contribution in [0.5, 0.6) is 0 Å². The lowest BCUT2D eigenvalue weighted by molar-refractivity contribution is 0.0916. The van der Waals surface area contributed by atoms with Gasteiger partial charge in [-0.15, -0.1) is 0 Å². The van der Waals surface area contributed by atoms with Crippen LogP contribution in [0.15, 0.2) is 24.3 Å². The molecule has 0 amide bonds. The average Bonchev–Trinajstić information content (AvgIpc) is 2.93. The SMILES string of the molecule is CCCc1ccc(C(=O)CN2CCCC2CCCO)cc1. The van der Waals surface area contributed by atoms with E-state index in [1.807, 2.05) is 12.1 Å². The fourth-order valence-electron chi connectivity index (χ4n) is 3.18. The molecule has 1 unspecified atom stereocenters. The summed E-state index contributed by atoms with van der Waals surface area (Å²) < 4.78 is 0. The maximum atomic E-state index is 12.4. The summed E-state index contributed by atoms with van der Waals surface area (Å²) in [6.07, 6.45) is 6.36. The summed E-state index contributed by atoms with van der Waals surface area (Å²) in [5.74, 6) is 0.217. The Morgan fingerprint density at radius 2 is 2.10 bits per heavy atom. The van der Waals surface area contributed by atoms with Gasteiger partial charge in [-0.3, -0.25) is 9.69 Å². The molecule has 0 bridgehead atoms. The molecule has 0 aromatic heterocycles. The molecule has 3 heteroatoms. The summed E-state index contributed by atoms with van der Waals surface area (Å²) in [6, 6.07) is 8.55. The second-order valence-electron chi connectivity index (χ2n) is 6.00. The molecule has 0 spiro atoms. The third-order valence-corrected chi connectivity index (χ3v) is 4.36. The van der Waals surface area contributed by atoms with Gasteiger partial charge >= 0.3 is 0 Å². The number of carbonyl (C=O) groups is 1. The van der Waals surface area contributed by atoms with Gasteiger partial charge in [0.1, 0.15) is 0 Å². The Labute approximate surface area is 128 Å². The fraction of sp³-hybridized carbons (Fsp3) is 0.611. The first-order valence-corrected chi connectivity index (χ1v) is 8.21. The lowest BCUT2D eigenvalue weighted by Crippen LogP contribution is -2.34. The molecule has 21 heavy (non-hydrogen) atoms. The molecule has 2 rings (SSSR count). The van der Waals surface area contributed by atoms with Crippen LogP contribution in [0, 0.1) is 0 Å². The van der Waals surface area contributed by atoms with Crippen LogP contribution in [0.3, 0.4) is 0 Å². The molecule has 1 fully saturated rings. The summed E-state index contributed by atoms with van der Waals surface area (Å²) in [7, 11) is 0. The van der Waals surface area contributed by atoms with Crippen molar-refractivity contribution in [2.75, 3.05) is 19.7 Å². The largest absolute Gasteiger partial charge is 0.396 e. The van der Waals surface area contributed by atoms with E-state index in [4.69, 9.17) is 5.11 Å². The predicted molar refractivity (Wildman–Crippen MR) is 85.7 cm³/mol. The van der Waals surface area contributed by atoms with E-state index in [1.165, 1.54) is 12.0 Å². The molecule has 1 heterocycles. The minimum Gasteiger partial charge on any atom is -0.396 e. The van der Waals surface area contributed by atoms with Crippen molar-refractivity contribution < 1.29 is 9.90 Å². The highest BCUT2D eigenvalue weighted by molar-refractivity contribution is 5.97. The number of benzene rings is 1. The van der Waals surface area contributed by atoms with Gasteiger partial charge in [-0.25, -0.2) is 0 Å². The van der Waals surface area contributed by atoms with E-state index in [1.54, 1.807) is 0 Å². The standard InChI is InChI=1S/C18H27NO2/c1-2-5-15-8-10-16(11-9-15)18(21)14-19-12-3-6-17(19)7-4-13-20/h8-11,17,20H,2-7,12-14H2,1H3. The Kier molecular flexibility index (Phi) is 6.40. The monoisotopic (exact) mass is 289 g/mol. The van der Waals surface area contributed by atoms with E-state index in [-0.39, 0.29) is 12.4 Å². The molecule has 1 aliphatic rings. The fourth-order valence-corrected chi connectivity index (χ4v) is 3.18. The van der Waals surface area contributed by atoms with Crippen LogP contribution in [-0.2, 0) is 6.42 Å².